The van der Waals surface area contributed by atoms with Crippen LogP contribution in [0, 0.1) is 0 Å². The Morgan fingerprint density at radius 2 is 2.15 bits per heavy atom. The summed E-state index contributed by atoms with van der Waals surface area (Å²) < 4.78 is 23.2. The van der Waals surface area contributed by atoms with Gasteiger partial charge in [-0.3, -0.25) is 4.40 Å². The van der Waals surface area contributed by atoms with Crippen LogP contribution in [0.1, 0.15) is 0 Å². The van der Waals surface area contributed by atoms with Crippen LogP contribution < -0.4 is 5.14 Å². The zero-order valence-corrected chi connectivity index (χ0v) is 7.14. The lowest BCUT2D eigenvalue weighted by Crippen LogP contribution is -2.14. The molecule has 2 aromatic heterocycles. The van der Waals surface area contributed by atoms with E-state index in [9.17, 15) is 8.42 Å². The summed E-state index contributed by atoms with van der Waals surface area (Å²) in [5.74, 6) is 0. The topological polar surface area (TPSA) is 103 Å². The molecule has 8 heteroatoms. The summed E-state index contributed by atoms with van der Waals surface area (Å²) >= 11 is 0. The number of hydrogen-bond donors (Lipinski definition) is 1. The molecule has 0 fully saturated rings. The van der Waals surface area contributed by atoms with Gasteiger partial charge in [0, 0.05) is 6.07 Å². The van der Waals surface area contributed by atoms with E-state index < -0.39 is 10.0 Å². The van der Waals surface area contributed by atoms with Crippen molar-refractivity contribution in [2.45, 2.75) is 5.03 Å². The molecule has 0 saturated carbocycles. The van der Waals surface area contributed by atoms with Crippen molar-refractivity contribution in [1.82, 2.24) is 19.6 Å². The van der Waals surface area contributed by atoms with Gasteiger partial charge in [-0.05, 0) is 0 Å². The van der Waals surface area contributed by atoms with Crippen molar-refractivity contribution in [3.8, 4) is 0 Å². The van der Waals surface area contributed by atoms with E-state index in [1.807, 2.05) is 0 Å². The minimum Gasteiger partial charge on any atom is -0.272 e. The van der Waals surface area contributed by atoms with Crippen molar-refractivity contribution in [3.05, 3.63) is 18.7 Å². The molecule has 2 heterocycles. The molecule has 0 aromatic carbocycles. The van der Waals surface area contributed by atoms with Crippen molar-refractivity contribution in [2.24, 2.45) is 5.14 Å². The van der Waals surface area contributed by atoms with Gasteiger partial charge < -0.3 is 0 Å². The Kier molecular flexibility index (Phi) is 1.54. The van der Waals surface area contributed by atoms with Crippen LogP contribution in [0.5, 0.6) is 0 Å². The van der Waals surface area contributed by atoms with Crippen molar-refractivity contribution in [2.75, 3.05) is 0 Å². The summed E-state index contributed by atoms with van der Waals surface area (Å²) in [6.45, 7) is 0. The smallest absolute Gasteiger partial charge is 0.255 e. The lowest BCUT2D eigenvalue weighted by molar-refractivity contribution is 0.593. The molecule has 2 rings (SSSR count). The van der Waals surface area contributed by atoms with Crippen LogP contribution in [0.4, 0.5) is 0 Å². The average Bonchev–Trinajstić information content (AvgIpc) is 2.47. The van der Waals surface area contributed by atoms with E-state index in [0.29, 0.717) is 5.65 Å². The molecule has 68 valence electrons. The zero-order valence-electron chi connectivity index (χ0n) is 6.32. The van der Waals surface area contributed by atoms with Gasteiger partial charge in [0.1, 0.15) is 12.7 Å². The quantitative estimate of drug-likeness (QED) is 0.579. The summed E-state index contributed by atoms with van der Waals surface area (Å²) in [5, 5.41) is 11.9. The summed E-state index contributed by atoms with van der Waals surface area (Å²) in [5.41, 5.74) is 0.388. The second kappa shape index (κ2) is 2.47. The predicted octanol–water partition coefficient (Wildman–Crippen LogP) is -1.23. The Hall–Kier alpha value is -1.54. The van der Waals surface area contributed by atoms with E-state index in [0.717, 1.165) is 0 Å². The van der Waals surface area contributed by atoms with Crippen LogP contribution in [-0.4, -0.2) is 28.0 Å². The first-order chi connectivity index (χ1) is 6.07. The lowest BCUT2D eigenvalue weighted by atomic mass is 10.6. The van der Waals surface area contributed by atoms with Gasteiger partial charge in [-0.2, -0.15) is 0 Å². The molecule has 13 heavy (non-hydrogen) atoms. The van der Waals surface area contributed by atoms with Gasteiger partial charge >= 0.3 is 0 Å². The first-order valence-corrected chi connectivity index (χ1v) is 4.80. The highest BCUT2D eigenvalue weighted by molar-refractivity contribution is 7.89. The number of nitrogens with zero attached hydrogens (tertiary/aromatic N) is 4. The molecule has 2 aromatic rings. The van der Waals surface area contributed by atoms with Crippen LogP contribution in [0.15, 0.2) is 23.7 Å². The Balaban J connectivity index is 2.75. The normalized spacial score (nSPS) is 12.1. The van der Waals surface area contributed by atoms with Gasteiger partial charge in [0.2, 0.25) is 0 Å². The Labute approximate surface area is 73.3 Å². The van der Waals surface area contributed by atoms with Crippen LogP contribution in [0.25, 0.3) is 5.65 Å². The maximum Gasteiger partial charge on any atom is 0.255 e. The van der Waals surface area contributed by atoms with Gasteiger partial charge in [0.05, 0.1) is 0 Å². The monoisotopic (exact) mass is 199 g/mol. The molecule has 0 atom stereocenters. The highest BCUT2D eigenvalue weighted by atomic mass is 32.2. The number of aromatic nitrogens is 4. The van der Waals surface area contributed by atoms with Crippen LogP contribution in [-0.2, 0) is 10.0 Å². The number of sulfonamides is 1. The molecule has 2 N–H and O–H groups in total. The first kappa shape index (κ1) is 8.08. The first-order valence-electron chi connectivity index (χ1n) is 3.25. The number of rotatable bonds is 1. The minimum atomic E-state index is -3.76. The number of nitrogens with two attached hydrogens (primary N) is 1. The maximum atomic E-state index is 10.9. The molecule has 0 aliphatic carbocycles. The van der Waals surface area contributed by atoms with E-state index in [2.05, 4.69) is 15.2 Å². The molecule has 0 aliphatic rings. The molecule has 0 radical (unpaired) electrons. The number of fused-ring (bicyclic) bond motifs is 1. The summed E-state index contributed by atoms with van der Waals surface area (Å²) in [4.78, 5) is 3.62. The van der Waals surface area contributed by atoms with Gasteiger partial charge in [0.15, 0.2) is 10.7 Å². The van der Waals surface area contributed by atoms with Crippen LogP contribution in [0.2, 0.25) is 0 Å². The second-order valence-corrected chi connectivity index (χ2v) is 3.88. The standard InChI is InChI=1S/C5H5N5O2S/c6-13(11,12)5-1-4-9-8-3-10(4)2-7-5/h1-3H,(H2,6,11,12). The summed E-state index contributed by atoms with van der Waals surface area (Å²) in [6.07, 6.45) is 2.70. The van der Waals surface area contributed by atoms with Gasteiger partial charge in [-0.25, -0.2) is 18.5 Å². The fourth-order valence-corrected chi connectivity index (χ4v) is 1.33. The molecular weight excluding hydrogens is 194 g/mol. The highest BCUT2D eigenvalue weighted by Gasteiger charge is 2.10. The van der Waals surface area contributed by atoms with Crippen LogP contribution in [0.3, 0.4) is 0 Å². The minimum absolute atomic E-state index is 0.215. The van der Waals surface area contributed by atoms with E-state index in [1.165, 1.54) is 23.1 Å². The second-order valence-electron chi connectivity index (χ2n) is 2.37. The molecule has 0 bridgehead atoms. The average molecular weight is 199 g/mol. The Morgan fingerprint density at radius 3 is 2.85 bits per heavy atom. The zero-order chi connectivity index (χ0) is 9.47. The fraction of sp³-hybridized carbons (Fsp3) is 0. The van der Waals surface area contributed by atoms with Gasteiger partial charge in [-0.1, -0.05) is 0 Å². The van der Waals surface area contributed by atoms with Crippen molar-refractivity contribution < 1.29 is 8.42 Å². The van der Waals surface area contributed by atoms with Crippen molar-refractivity contribution >= 4 is 15.7 Å². The fourth-order valence-electron chi connectivity index (χ4n) is 0.866. The van der Waals surface area contributed by atoms with Gasteiger partial charge in [0.25, 0.3) is 10.0 Å². The van der Waals surface area contributed by atoms with E-state index >= 15 is 0 Å². The number of primary sulfonamides is 1. The molecule has 0 spiro atoms. The summed E-state index contributed by atoms with van der Waals surface area (Å²) in [7, 11) is -3.76. The highest BCUT2D eigenvalue weighted by Crippen LogP contribution is 2.04. The predicted molar refractivity (Wildman–Crippen MR) is 42.2 cm³/mol. The van der Waals surface area contributed by atoms with Crippen molar-refractivity contribution in [3.63, 3.8) is 0 Å². The van der Waals surface area contributed by atoms with Gasteiger partial charge in [-0.15, -0.1) is 10.2 Å². The lowest BCUT2D eigenvalue weighted by Gasteiger charge is -1.95. The van der Waals surface area contributed by atoms with E-state index in [1.54, 1.807) is 0 Å². The molecule has 0 amide bonds. The molecule has 0 aliphatic heterocycles. The van der Waals surface area contributed by atoms with E-state index in [-0.39, 0.29) is 5.03 Å². The molecule has 0 saturated heterocycles. The molecular formula is C5H5N5O2S. The molecule has 7 nitrogen and oxygen atoms in total. The largest absolute Gasteiger partial charge is 0.272 e. The van der Waals surface area contributed by atoms with E-state index in [4.69, 9.17) is 5.14 Å². The van der Waals surface area contributed by atoms with Crippen LogP contribution >= 0.6 is 0 Å². The Morgan fingerprint density at radius 1 is 1.38 bits per heavy atom. The SMILES string of the molecule is NS(=O)(=O)c1cc2nncn2cn1. The third-order valence-corrected chi connectivity index (χ3v) is 2.26. The maximum absolute atomic E-state index is 10.9. The number of hydrogen-bond acceptors (Lipinski definition) is 5. The third kappa shape index (κ3) is 1.36. The molecule has 0 unspecified atom stereocenters. The van der Waals surface area contributed by atoms with Crippen molar-refractivity contribution in [1.29, 1.82) is 0 Å². The summed E-state index contributed by atoms with van der Waals surface area (Å²) in [6, 6.07) is 1.25. The third-order valence-electron chi connectivity index (χ3n) is 1.45. The Bertz CT molecular complexity index is 545.